The molecule has 82 valence electrons. The lowest BCUT2D eigenvalue weighted by atomic mass is 9.99. The van der Waals surface area contributed by atoms with Crippen LogP contribution in [0.2, 0.25) is 0 Å². The third kappa shape index (κ3) is 2.41. The minimum absolute atomic E-state index is 0.203. The minimum atomic E-state index is -0.203. The normalized spacial score (nSPS) is 21.7. The third-order valence-corrected chi connectivity index (χ3v) is 3.00. The van der Waals surface area contributed by atoms with Gasteiger partial charge in [-0.25, -0.2) is 0 Å². The van der Waals surface area contributed by atoms with Crippen LogP contribution >= 0.6 is 0 Å². The molecule has 1 aromatic rings. The van der Waals surface area contributed by atoms with Crippen LogP contribution in [0.25, 0.3) is 0 Å². The van der Waals surface area contributed by atoms with Crippen LogP contribution in [0.5, 0.6) is 0 Å². The van der Waals surface area contributed by atoms with Gasteiger partial charge in [-0.2, -0.15) is 0 Å². The van der Waals surface area contributed by atoms with Crippen LogP contribution in [-0.4, -0.2) is 19.8 Å². The van der Waals surface area contributed by atoms with Crippen molar-refractivity contribution in [1.82, 2.24) is 0 Å². The highest BCUT2D eigenvalue weighted by Gasteiger charge is 2.19. The second-order valence-corrected chi connectivity index (χ2v) is 4.20. The van der Waals surface area contributed by atoms with E-state index in [2.05, 4.69) is 4.90 Å². The number of piperidine rings is 1. The second-order valence-electron chi connectivity index (χ2n) is 4.20. The Balaban J connectivity index is 2.06. The molecule has 2 N–H and O–H groups in total. The van der Waals surface area contributed by atoms with Crippen LogP contribution in [0, 0.1) is 5.92 Å². The molecule has 1 unspecified atom stereocenters. The summed E-state index contributed by atoms with van der Waals surface area (Å²) in [7, 11) is 0. The van der Waals surface area contributed by atoms with Gasteiger partial charge in [0.15, 0.2) is 0 Å². The van der Waals surface area contributed by atoms with Gasteiger partial charge in [-0.15, -0.1) is 0 Å². The predicted octanol–water partition coefficient (Wildman–Crippen LogP) is 2.45. The molecular weight excluding hydrogens is 191 g/mol. The Morgan fingerprint density at radius 1 is 1.33 bits per heavy atom. The van der Waals surface area contributed by atoms with Crippen LogP contribution in [0.1, 0.15) is 12.8 Å². The molecule has 1 saturated heterocycles. The van der Waals surface area contributed by atoms with E-state index < -0.39 is 0 Å². The number of nitrogens with two attached hydrogens (primary N) is 1. The zero-order valence-corrected chi connectivity index (χ0v) is 8.82. The van der Waals surface area contributed by atoms with Gasteiger partial charge in [0.2, 0.25) is 0 Å². The first-order chi connectivity index (χ1) is 7.29. The molecule has 1 aliphatic heterocycles. The molecule has 1 heterocycles. The van der Waals surface area contributed by atoms with Crippen LogP contribution in [0.3, 0.4) is 0 Å². The van der Waals surface area contributed by atoms with Crippen molar-refractivity contribution in [3.05, 3.63) is 24.3 Å². The maximum Gasteiger partial charge on any atom is 0.0939 e. The molecule has 1 atom stereocenters. The number of hydrogen-bond acceptors (Lipinski definition) is 2. The molecule has 0 spiro atoms. The van der Waals surface area contributed by atoms with Gasteiger partial charge in [-0.05, 0) is 37.1 Å². The van der Waals surface area contributed by atoms with Gasteiger partial charge in [0.05, 0.1) is 6.67 Å². The summed E-state index contributed by atoms with van der Waals surface area (Å²) in [6.07, 6.45) is 2.10. The van der Waals surface area contributed by atoms with Crippen molar-refractivity contribution in [3.8, 4) is 0 Å². The SMILES string of the molecule is Nc1ccc(N2CCCC(CF)C2)cc1. The smallest absolute Gasteiger partial charge is 0.0939 e. The minimum Gasteiger partial charge on any atom is -0.399 e. The van der Waals surface area contributed by atoms with E-state index in [9.17, 15) is 4.39 Å². The first kappa shape index (κ1) is 10.3. The Hall–Kier alpha value is -1.25. The second kappa shape index (κ2) is 4.51. The zero-order valence-electron chi connectivity index (χ0n) is 8.82. The molecule has 1 fully saturated rings. The van der Waals surface area contributed by atoms with E-state index in [1.165, 1.54) is 0 Å². The van der Waals surface area contributed by atoms with Crippen LogP contribution < -0.4 is 10.6 Å². The molecule has 0 aliphatic carbocycles. The van der Waals surface area contributed by atoms with Crippen molar-refractivity contribution < 1.29 is 4.39 Å². The van der Waals surface area contributed by atoms with Crippen molar-refractivity contribution >= 4 is 11.4 Å². The summed E-state index contributed by atoms with van der Waals surface area (Å²) in [4.78, 5) is 2.24. The molecule has 3 heteroatoms. The standard InChI is InChI=1S/C12H17FN2/c13-8-10-2-1-7-15(9-10)12-5-3-11(14)4-6-12/h3-6,10H,1-2,7-9,14H2. The van der Waals surface area contributed by atoms with Gasteiger partial charge in [0.1, 0.15) is 0 Å². The Bertz CT molecular complexity index is 310. The fourth-order valence-electron chi connectivity index (χ4n) is 2.11. The molecule has 15 heavy (non-hydrogen) atoms. The molecular formula is C12H17FN2. The number of rotatable bonds is 2. The van der Waals surface area contributed by atoms with E-state index in [1.807, 2.05) is 24.3 Å². The van der Waals surface area contributed by atoms with Crippen molar-refractivity contribution in [3.63, 3.8) is 0 Å². The van der Waals surface area contributed by atoms with Crippen LogP contribution in [0.15, 0.2) is 24.3 Å². The highest BCUT2D eigenvalue weighted by Crippen LogP contribution is 2.23. The lowest BCUT2D eigenvalue weighted by Crippen LogP contribution is -2.36. The summed E-state index contributed by atoms with van der Waals surface area (Å²) in [5, 5.41) is 0. The van der Waals surface area contributed by atoms with E-state index in [-0.39, 0.29) is 12.6 Å². The summed E-state index contributed by atoms with van der Waals surface area (Å²) in [6.45, 7) is 1.66. The summed E-state index contributed by atoms with van der Waals surface area (Å²) in [6, 6.07) is 7.81. The number of hydrogen-bond donors (Lipinski definition) is 1. The van der Waals surface area contributed by atoms with Gasteiger partial charge in [-0.3, -0.25) is 4.39 Å². The molecule has 0 amide bonds. The van der Waals surface area contributed by atoms with Crippen molar-refractivity contribution in [2.45, 2.75) is 12.8 Å². The van der Waals surface area contributed by atoms with E-state index in [0.717, 1.165) is 37.3 Å². The number of alkyl halides is 1. The average molecular weight is 208 g/mol. The van der Waals surface area contributed by atoms with Crippen molar-refractivity contribution in [1.29, 1.82) is 0 Å². The average Bonchev–Trinajstić information content (AvgIpc) is 2.30. The number of nitrogen functional groups attached to an aromatic ring is 1. The molecule has 0 aromatic heterocycles. The number of anilines is 2. The van der Waals surface area contributed by atoms with E-state index in [4.69, 9.17) is 5.73 Å². The van der Waals surface area contributed by atoms with Gasteiger partial charge < -0.3 is 10.6 Å². The molecule has 2 rings (SSSR count). The van der Waals surface area contributed by atoms with Crippen molar-refractivity contribution in [2.75, 3.05) is 30.4 Å². The third-order valence-electron chi connectivity index (χ3n) is 3.00. The van der Waals surface area contributed by atoms with Gasteiger partial charge in [0, 0.05) is 30.4 Å². The summed E-state index contributed by atoms with van der Waals surface area (Å²) >= 11 is 0. The van der Waals surface area contributed by atoms with Crippen molar-refractivity contribution in [2.24, 2.45) is 5.92 Å². The Kier molecular flexibility index (Phi) is 3.09. The highest BCUT2D eigenvalue weighted by atomic mass is 19.1. The molecule has 0 bridgehead atoms. The lowest BCUT2D eigenvalue weighted by Gasteiger charge is -2.33. The first-order valence-corrected chi connectivity index (χ1v) is 5.46. The fraction of sp³-hybridized carbons (Fsp3) is 0.500. The first-order valence-electron chi connectivity index (χ1n) is 5.46. The molecule has 2 nitrogen and oxygen atoms in total. The van der Waals surface area contributed by atoms with E-state index >= 15 is 0 Å². The maximum absolute atomic E-state index is 12.6. The topological polar surface area (TPSA) is 29.3 Å². The molecule has 1 aliphatic rings. The Labute approximate surface area is 89.9 Å². The Morgan fingerprint density at radius 3 is 2.73 bits per heavy atom. The zero-order chi connectivity index (χ0) is 10.7. The summed E-state index contributed by atoms with van der Waals surface area (Å²) in [5.41, 5.74) is 7.56. The largest absolute Gasteiger partial charge is 0.399 e. The van der Waals surface area contributed by atoms with E-state index in [0.29, 0.717) is 0 Å². The summed E-state index contributed by atoms with van der Waals surface area (Å²) < 4.78 is 12.6. The van der Waals surface area contributed by atoms with Gasteiger partial charge in [0.25, 0.3) is 0 Å². The quantitative estimate of drug-likeness (QED) is 0.756. The van der Waals surface area contributed by atoms with Crippen LogP contribution in [0.4, 0.5) is 15.8 Å². The Morgan fingerprint density at radius 2 is 2.07 bits per heavy atom. The number of nitrogens with zero attached hydrogens (tertiary/aromatic N) is 1. The maximum atomic E-state index is 12.6. The lowest BCUT2D eigenvalue weighted by molar-refractivity contribution is 0.316. The number of halogens is 1. The van der Waals surface area contributed by atoms with Gasteiger partial charge in [-0.1, -0.05) is 0 Å². The van der Waals surface area contributed by atoms with Crippen LogP contribution in [-0.2, 0) is 0 Å². The molecule has 1 aromatic carbocycles. The van der Waals surface area contributed by atoms with Gasteiger partial charge >= 0.3 is 0 Å². The summed E-state index contributed by atoms with van der Waals surface area (Å²) in [5.74, 6) is 0.205. The monoisotopic (exact) mass is 208 g/mol. The predicted molar refractivity (Wildman–Crippen MR) is 61.8 cm³/mol. The molecule has 0 saturated carbocycles. The van der Waals surface area contributed by atoms with E-state index in [1.54, 1.807) is 0 Å². The fourth-order valence-corrected chi connectivity index (χ4v) is 2.11. The number of benzene rings is 1. The molecule has 0 radical (unpaired) electrons. The highest BCUT2D eigenvalue weighted by molar-refractivity contribution is 5.53.